The maximum atomic E-state index is 11.6. The Morgan fingerprint density at radius 2 is 2.38 bits per heavy atom. The van der Waals surface area contributed by atoms with Gasteiger partial charge in [0.1, 0.15) is 0 Å². The van der Waals surface area contributed by atoms with Gasteiger partial charge in [-0.05, 0) is 0 Å². The van der Waals surface area contributed by atoms with Crippen molar-refractivity contribution in [1.82, 2.24) is 9.78 Å². The normalized spacial score (nSPS) is 10.4. The Morgan fingerprint density at radius 1 is 1.62 bits per heavy atom. The zero-order valence-corrected chi connectivity index (χ0v) is 9.72. The molecule has 90 valence electrons. The molecule has 1 rings (SSSR count). The molecule has 0 aliphatic carbocycles. The lowest BCUT2D eigenvalue weighted by atomic mass is 10.4. The third kappa shape index (κ3) is 3.32. The van der Waals surface area contributed by atoms with Crippen molar-refractivity contribution >= 4 is 5.69 Å². The van der Waals surface area contributed by atoms with Crippen LogP contribution in [0.5, 0.6) is 0 Å². The van der Waals surface area contributed by atoms with E-state index in [0.717, 1.165) is 5.69 Å². The van der Waals surface area contributed by atoms with Crippen LogP contribution in [0.1, 0.15) is 0 Å². The van der Waals surface area contributed by atoms with E-state index in [-0.39, 0.29) is 5.56 Å². The molecule has 0 amide bonds. The highest BCUT2D eigenvalue weighted by Crippen LogP contribution is 2.05. The van der Waals surface area contributed by atoms with Crippen LogP contribution >= 0.6 is 0 Å². The van der Waals surface area contributed by atoms with Crippen molar-refractivity contribution in [2.75, 3.05) is 38.8 Å². The summed E-state index contributed by atoms with van der Waals surface area (Å²) in [5.41, 5.74) is 6.09. The lowest BCUT2D eigenvalue weighted by Gasteiger charge is -2.17. The van der Waals surface area contributed by atoms with E-state index in [1.165, 1.54) is 4.68 Å². The van der Waals surface area contributed by atoms with Crippen LogP contribution in [-0.4, -0.2) is 43.6 Å². The number of rotatable bonds is 6. The van der Waals surface area contributed by atoms with E-state index >= 15 is 0 Å². The number of hydrogen-bond acceptors (Lipinski definition) is 5. The first-order valence-electron chi connectivity index (χ1n) is 5.16. The van der Waals surface area contributed by atoms with Crippen LogP contribution in [0.2, 0.25) is 0 Å². The highest BCUT2D eigenvalue weighted by Gasteiger charge is 2.03. The molecule has 0 aliphatic rings. The van der Waals surface area contributed by atoms with Crippen LogP contribution in [-0.2, 0) is 11.3 Å². The molecule has 0 atom stereocenters. The molecule has 0 bridgehead atoms. The van der Waals surface area contributed by atoms with E-state index in [1.807, 2.05) is 11.9 Å². The topological polar surface area (TPSA) is 73.4 Å². The second kappa shape index (κ2) is 6.24. The smallest absolute Gasteiger partial charge is 0.268 e. The first-order valence-corrected chi connectivity index (χ1v) is 5.16. The Hall–Kier alpha value is -1.40. The minimum Gasteiger partial charge on any atom is -0.383 e. The monoisotopic (exact) mass is 226 g/mol. The van der Waals surface area contributed by atoms with Crippen molar-refractivity contribution in [3.8, 4) is 0 Å². The van der Waals surface area contributed by atoms with Gasteiger partial charge in [-0.2, -0.15) is 5.10 Å². The minimum atomic E-state index is -0.126. The molecule has 16 heavy (non-hydrogen) atoms. The van der Waals surface area contributed by atoms with Crippen LogP contribution in [0.25, 0.3) is 0 Å². The van der Waals surface area contributed by atoms with Gasteiger partial charge in [0.15, 0.2) is 0 Å². The van der Waals surface area contributed by atoms with Gasteiger partial charge in [0.25, 0.3) is 5.56 Å². The van der Waals surface area contributed by atoms with E-state index in [9.17, 15) is 4.79 Å². The number of likely N-dealkylation sites (N-methyl/N-ethyl adjacent to an activating group) is 1. The number of ether oxygens (including phenoxy) is 1. The molecule has 0 saturated heterocycles. The summed E-state index contributed by atoms with van der Waals surface area (Å²) in [6, 6.07) is 1.55. The molecule has 0 saturated carbocycles. The van der Waals surface area contributed by atoms with Gasteiger partial charge in [0.2, 0.25) is 0 Å². The van der Waals surface area contributed by atoms with Crippen molar-refractivity contribution < 1.29 is 4.74 Å². The van der Waals surface area contributed by atoms with Gasteiger partial charge in [-0.15, -0.1) is 0 Å². The van der Waals surface area contributed by atoms with Gasteiger partial charge in [0.05, 0.1) is 25.0 Å². The van der Waals surface area contributed by atoms with Crippen LogP contribution in [0.15, 0.2) is 17.1 Å². The van der Waals surface area contributed by atoms with Crippen LogP contribution < -0.4 is 16.2 Å². The predicted molar refractivity (Wildman–Crippen MR) is 62.7 cm³/mol. The minimum absolute atomic E-state index is 0.126. The number of nitrogens with two attached hydrogens (primary N) is 1. The molecule has 0 aromatic carbocycles. The van der Waals surface area contributed by atoms with Crippen molar-refractivity contribution in [3.63, 3.8) is 0 Å². The standard InChI is InChI=1S/C10H18N4O2/c1-13(4-3-11)9-7-10(15)14(12-8-9)5-6-16-2/h7-8H,3-6,11H2,1-2H3. The fourth-order valence-corrected chi connectivity index (χ4v) is 1.30. The Morgan fingerprint density at radius 3 is 2.94 bits per heavy atom. The second-order valence-corrected chi connectivity index (χ2v) is 3.48. The van der Waals surface area contributed by atoms with Crippen LogP contribution in [0.4, 0.5) is 5.69 Å². The largest absolute Gasteiger partial charge is 0.383 e. The molecule has 0 fully saturated rings. The molecule has 1 heterocycles. The fourth-order valence-electron chi connectivity index (χ4n) is 1.30. The predicted octanol–water partition coefficient (Wildman–Crippen LogP) is -0.715. The van der Waals surface area contributed by atoms with Crippen LogP contribution in [0.3, 0.4) is 0 Å². The summed E-state index contributed by atoms with van der Waals surface area (Å²) < 4.78 is 6.27. The highest BCUT2D eigenvalue weighted by atomic mass is 16.5. The Labute approximate surface area is 94.6 Å². The van der Waals surface area contributed by atoms with Gasteiger partial charge in [-0.3, -0.25) is 4.79 Å². The Bertz CT molecular complexity index is 377. The second-order valence-electron chi connectivity index (χ2n) is 3.48. The maximum absolute atomic E-state index is 11.6. The molecular weight excluding hydrogens is 208 g/mol. The molecule has 0 unspecified atom stereocenters. The first kappa shape index (κ1) is 12.7. The summed E-state index contributed by atoms with van der Waals surface area (Å²) in [4.78, 5) is 13.5. The summed E-state index contributed by atoms with van der Waals surface area (Å²) in [5, 5.41) is 4.06. The average Bonchev–Trinajstić information content (AvgIpc) is 2.27. The van der Waals surface area contributed by atoms with E-state index in [2.05, 4.69) is 5.10 Å². The zero-order chi connectivity index (χ0) is 12.0. The van der Waals surface area contributed by atoms with Crippen molar-refractivity contribution in [2.45, 2.75) is 6.54 Å². The Kier molecular flexibility index (Phi) is 4.94. The molecule has 2 N–H and O–H groups in total. The SMILES string of the molecule is COCCn1ncc(N(C)CCN)cc1=O. The van der Waals surface area contributed by atoms with Gasteiger partial charge in [-0.25, -0.2) is 4.68 Å². The number of anilines is 1. The lowest BCUT2D eigenvalue weighted by molar-refractivity contribution is 0.182. The molecule has 0 aliphatic heterocycles. The van der Waals surface area contributed by atoms with Gasteiger partial charge < -0.3 is 15.4 Å². The molecular formula is C10H18N4O2. The fraction of sp³-hybridized carbons (Fsp3) is 0.600. The van der Waals surface area contributed by atoms with E-state index < -0.39 is 0 Å². The van der Waals surface area contributed by atoms with Gasteiger partial charge in [-0.1, -0.05) is 0 Å². The summed E-state index contributed by atoms with van der Waals surface area (Å²) in [6.45, 7) is 2.19. The van der Waals surface area contributed by atoms with E-state index in [1.54, 1.807) is 19.4 Å². The summed E-state index contributed by atoms with van der Waals surface area (Å²) >= 11 is 0. The average molecular weight is 226 g/mol. The summed E-state index contributed by atoms with van der Waals surface area (Å²) in [5.74, 6) is 0. The molecule has 1 aromatic rings. The summed E-state index contributed by atoms with van der Waals surface area (Å²) in [7, 11) is 3.47. The van der Waals surface area contributed by atoms with Crippen molar-refractivity contribution in [2.24, 2.45) is 5.73 Å². The van der Waals surface area contributed by atoms with Crippen molar-refractivity contribution in [1.29, 1.82) is 0 Å². The molecule has 6 heteroatoms. The van der Waals surface area contributed by atoms with Crippen LogP contribution in [0, 0.1) is 0 Å². The number of methoxy groups -OCH3 is 1. The van der Waals surface area contributed by atoms with E-state index in [0.29, 0.717) is 26.2 Å². The van der Waals surface area contributed by atoms with Gasteiger partial charge in [0, 0.05) is 33.3 Å². The molecule has 0 radical (unpaired) electrons. The van der Waals surface area contributed by atoms with Gasteiger partial charge >= 0.3 is 0 Å². The Balaban J connectivity index is 2.78. The molecule has 1 aromatic heterocycles. The maximum Gasteiger partial charge on any atom is 0.268 e. The first-order chi connectivity index (χ1) is 7.69. The van der Waals surface area contributed by atoms with E-state index in [4.69, 9.17) is 10.5 Å². The quantitative estimate of drug-likeness (QED) is 0.693. The number of nitrogens with zero attached hydrogens (tertiary/aromatic N) is 3. The summed E-state index contributed by atoms with van der Waals surface area (Å²) in [6.07, 6.45) is 1.66. The number of hydrogen-bond donors (Lipinski definition) is 1. The third-order valence-corrected chi connectivity index (χ3v) is 2.27. The zero-order valence-electron chi connectivity index (χ0n) is 9.72. The van der Waals surface area contributed by atoms with Crippen molar-refractivity contribution in [3.05, 3.63) is 22.6 Å². The highest BCUT2D eigenvalue weighted by molar-refractivity contribution is 5.41. The third-order valence-electron chi connectivity index (χ3n) is 2.27. The molecule has 0 spiro atoms. The number of aromatic nitrogens is 2. The molecule has 6 nitrogen and oxygen atoms in total. The lowest BCUT2D eigenvalue weighted by Crippen LogP contribution is -2.29.